The van der Waals surface area contributed by atoms with Crippen LogP contribution < -0.4 is 5.73 Å². The van der Waals surface area contributed by atoms with Crippen LogP contribution in [-0.4, -0.2) is 15.0 Å². The van der Waals surface area contributed by atoms with Crippen LogP contribution in [0.15, 0.2) is 27.1 Å². The zero-order valence-electron chi connectivity index (χ0n) is 7.78. The molecule has 0 spiro atoms. The summed E-state index contributed by atoms with van der Waals surface area (Å²) in [6, 6.07) is 5.65. The lowest BCUT2D eigenvalue weighted by atomic mass is 10.2. The number of aromatic nitrogens is 3. The molecule has 1 aromatic carbocycles. The summed E-state index contributed by atoms with van der Waals surface area (Å²) in [5.74, 6) is 0.547. The highest BCUT2D eigenvalue weighted by Gasteiger charge is 2.07. The molecule has 0 aliphatic carbocycles. The van der Waals surface area contributed by atoms with Crippen LogP contribution in [0.3, 0.4) is 0 Å². The fourth-order valence-corrected chi connectivity index (χ4v) is 2.64. The van der Waals surface area contributed by atoms with Crippen LogP contribution in [-0.2, 0) is 0 Å². The van der Waals surface area contributed by atoms with E-state index in [2.05, 4.69) is 46.8 Å². The molecule has 0 radical (unpaired) electrons. The third-order valence-electron chi connectivity index (χ3n) is 1.75. The monoisotopic (exact) mass is 362 g/mol. The van der Waals surface area contributed by atoms with Crippen LogP contribution in [0.25, 0.3) is 11.4 Å². The lowest BCUT2D eigenvalue weighted by Crippen LogP contribution is -1.99. The van der Waals surface area contributed by atoms with Gasteiger partial charge in [-0.25, -0.2) is 0 Å². The van der Waals surface area contributed by atoms with Crippen LogP contribution in [0, 0.1) is 0 Å². The highest BCUT2D eigenvalue weighted by atomic mass is 79.9. The smallest absolute Gasteiger partial charge is 0.227 e. The van der Waals surface area contributed by atoms with E-state index in [4.69, 9.17) is 17.3 Å². The number of hydrogen-bond donors (Lipinski definition) is 1. The average molecular weight is 364 g/mol. The fraction of sp³-hybridized carbons (Fsp3) is 0. The normalized spacial score (nSPS) is 10.4. The van der Waals surface area contributed by atoms with Crippen molar-refractivity contribution in [3.63, 3.8) is 0 Å². The van der Waals surface area contributed by atoms with E-state index < -0.39 is 0 Å². The Labute approximate surface area is 114 Å². The van der Waals surface area contributed by atoms with Crippen LogP contribution in [0.1, 0.15) is 0 Å². The van der Waals surface area contributed by atoms with Crippen molar-refractivity contribution >= 4 is 49.4 Å². The van der Waals surface area contributed by atoms with E-state index in [1.54, 1.807) is 0 Å². The second-order valence-corrected chi connectivity index (χ2v) is 5.11. The first-order valence-electron chi connectivity index (χ1n) is 4.18. The van der Waals surface area contributed by atoms with Gasteiger partial charge in [0, 0.05) is 14.5 Å². The first kappa shape index (κ1) is 11.8. The maximum atomic E-state index is 5.71. The van der Waals surface area contributed by atoms with E-state index in [0.29, 0.717) is 5.82 Å². The molecule has 0 aliphatic rings. The highest BCUT2D eigenvalue weighted by Crippen LogP contribution is 2.26. The molecule has 16 heavy (non-hydrogen) atoms. The zero-order valence-corrected chi connectivity index (χ0v) is 11.7. The Morgan fingerprint density at radius 2 is 1.62 bits per heavy atom. The van der Waals surface area contributed by atoms with Crippen LogP contribution >= 0.6 is 43.5 Å². The SMILES string of the molecule is Nc1nc(Cl)nc(-c2cc(Br)cc(Br)c2)n1. The number of anilines is 1. The molecule has 2 rings (SSSR count). The van der Waals surface area contributed by atoms with Gasteiger partial charge in [0.1, 0.15) is 0 Å². The lowest BCUT2D eigenvalue weighted by Gasteiger charge is -2.03. The number of benzene rings is 1. The second-order valence-electron chi connectivity index (χ2n) is 2.94. The Balaban J connectivity index is 2.57. The van der Waals surface area contributed by atoms with Crippen LogP contribution in [0.4, 0.5) is 5.95 Å². The molecule has 0 atom stereocenters. The maximum absolute atomic E-state index is 5.71. The quantitative estimate of drug-likeness (QED) is 0.843. The van der Waals surface area contributed by atoms with Gasteiger partial charge >= 0.3 is 0 Å². The Bertz CT molecular complexity index is 457. The van der Waals surface area contributed by atoms with Crippen molar-refractivity contribution in [2.75, 3.05) is 5.73 Å². The maximum Gasteiger partial charge on any atom is 0.227 e. The second kappa shape index (κ2) is 4.65. The van der Waals surface area contributed by atoms with Gasteiger partial charge in [0.2, 0.25) is 11.2 Å². The van der Waals surface area contributed by atoms with Gasteiger partial charge in [0.25, 0.3) is 0 Å². The molecule has 1 aromatic heterocycles. The number of hydrogen-bond acceptors (Lipinski definition) is 4. The molecule has 7 heteroatoms. The van der Waals surface area contributed by atoms with Gasteiger partial charge in [0.15, 0.2) is 5.82 Å². The van der Waals surface area contributed by atoms with Crippen molar-refractivity contribution in [3.05, 3.63) is 32.4 Å². The summed E-state index contributed by atoms with van der Waals surface area (Å²) < 4.78 is 1.82. The molecule has 1 heterocycles. The third kappa shape index (κ3) is 2.69. The molecule has 82 valence electrons. The lowest BCUT2D eigenvalue weighted by molar-refractivity contribution is 1.07. The minimum absolute atomic E-state index is 0.0820. The number of nitrogen functional groups attached to an aromatic ring is 1. The highest BCUT2D eigenvalue weighted by molar-refractivity contribution is 9.11. The van der Waals surface area contributed by atoms with Crippen molar-refractivity contribution in [1.82, 2.24) is 15.0 Å². The number of halogens is 3. The van der Waals surface area contributed by atoms with E-state index in [1.165, 1.54) is 0 Å². The minimum Gasteiger partial charge on any atom is -0.368 e. The summed E-state index contributed by atoms with van der Waals surface area (Å²) in [6.07, 6.45) is 0. The predicted molar refractivity (Wildman–Crippen MR) is 70.1 cm³/mol. The van der Waals surface area contributed by atoms with E-state index in [-0.39, 0.29) is 11.2 Å². The number of nitrogens with zero attached hydrogens (tertiary/aromatic N) is 3. The van der Waals surface area contributed by atoms with Gasteiger partial charge in [-0.1, -0.05) is 31.9 Å². The van der Waals surface area contributed by atoms with Crippen molar-refractivity contribution in [2.45, 2.75) is 0 Å². The molecule has 2 aromatic rings. The topological polar surface area (TPSA) is 64.7 Å². The molecule has 0 fully saturated rings. The standard InChI is InChI=1S/C9H5Br2ClN4/c10-5-1-4(2-6(11)3-5)7-14-8(12)16-9(13)15-7/h1-3H,(H2,13,14,15,16). The first-order chi connectivity index (χ1) is 7.54. The van der Waals surface area contributed by atoms with Crippen molar-refractivity contribution in [3.8, 4) is 11.4 Å². The summed E-state index contributed by atoms with van der Waals surface area (Å²) in [7, 11) is 0. The van der Waals surface area contributed by atoms with Crippen molar-refractivity contribution < 1.29 is 0 Å². The summed E-state index contributed by atoms with van der Waals surface area (Å²) in [4.78, 5) is 11.7. The summed E-state index contributed by atoms with van der Waals surface area (Å²) in [6.45, 7) is 0. The van der Waals surface area contributed by atoms with Gasteiger partial charge in [-0.15, -0.1) is 0 Å². The molecule has 0 bridgehead atoms. The van der Waals surface area contributed by atoms with E-state index in [0.717, 1.165) is 14.5 Å². The Morgan fingerprint density at radius 1 is 1.00 bits per heavy atom. The molecule has 2 N–H and O–H groups in total. The molecule has 0 aliphatic heterocycles. The molecule has 0 saturated heterocycles. The Morgan fingerprint density at radius 3 is 2.19 bits per heavy atom. The first-order valence-corrected chi connectivity index (χ1v) is 6.14. The molecule has 0 saturated carbocycles. The summed E-state index contributed by atoms with van der Waals surface area (Å²) in [5.41, 5.74) is 6.31. The fourth-order valence-electron chi connectivity index (χ4n) is 1.18. The molecule has 0 unspecified atom stereocenters. The van der Waals surface area contributed by atoms with Gasteiger partial charge in [-0.2, -0.15) is 15.0 Å². The molecular weight excluding hydrogens is 359 g/mol. The van der Waals surface area contributed by atoms with Crippen molar-refractivity contribution in [1.29, 1.82) is 0 Å². The third-order valence-corrected chi connectivity index (χ3v) is 2.83. The number of nitrogens with two attached hydrogens (primary N) is 1. The summed E-state index contributed by atoms with van der Waals surface area (Å²) in [5, 5.41) is 0.0820. The minimum atomic E-state index is 0.0820. The van der Waals surface area contributed by atoms with E-state index in [9.17, 15) is 0 Å². The molecule has 4 nitrogen and oxygen atoms in total. The van der Waals surface area contributed by atoms with E-state index >= 15 is 0 Å². The van der Waals surface area contributed by atoms with Gasteiger partial charge in [-0.05, 0) is 29.8 Å². The van der Waals surface area contributed by atoms with Gasteiger partial charge < -0.3 is 5.73 Å². The molecular formula is C9H5Br2ClN4. The largest absolute Gasteiger partial charge is 0.368 e. The Hall–Kier alpha value is -0.720. The Kier molecular flexibility index (Phi) is 3.41. The van der Waals surface area contributed by atoms with Crippen molar-refractivity contribution in [2.24, 2.45) is 0 Å². The zero-order chi connectivity index (χ0) is 11.7. The van der Waals surface area contributed by atoms with Gasteiger partial charge in [-0.3, -0.25) is 0 Å². The average Bonchev–Trinajstić information content (AvgIpc) is 2.14. The number of rotatable bonds is 1. The van der Waals surface area contributed by atoms with Crippen LogP contribution in [0.2, 0.25) is 5.28 Å². The summed E-state index contributed by atoms with van der Waals surface area (Å²) >= 11 is 12.5. The molecule has 0 amide bonds. The van der Waals surface area contributed by atoms with E-state index in [1.807, 2.05) is 18.2 Å². The van der Waals surface area contributed by atoms with Crippen LogP contribution in [0.5, 0.6) is 0 Å². The predicted octanol–water partition coefficient (Wildman–Crippen LogP) is 3.30. The van der Waals surface area contributed by atoms with Gasteiger partial charge in [0.05, 0.1) is 0 Å².